The minimum Gasteiger partial charge on any atom is -0.332 e. The van der Waals surface area contributed by atoms with Crippen molar-refractivity contribution in [3.8, 4) is 0 Å². The highest BCUT2D eigenvalue weighted by atomic mass is 32.2. The van der Waals surface area contributed by atoms with Crippen LogP contribution in [0.15, 0.2) is 89.7 Å². The molecule has 0 bridgehead atoms. The first-order chi connectivity index (χ1) is 16.1. The Morgan fingerprint density at radius 3 is 2.35 bits per heavy atom. The van der Waals surface area contributed by atoms with E-state index in [4.69, 9.17) is 0 Å². The van der Waals surface area contributed by atoms with Crippen LogP contribution in [0.1, 0.15) is 16.0 Å². The summed E-state index contributed by atoms with van der Waals surface area (Å²) in [5.74, 6) is -0.477. The molecule has 5 nitrogen and oxygen atoms in total. The summed E-state index contributed by atoms with van der Waals surface area (Å²) in [6.45, 7) is 3.29. The van der Waals surface area contributed by atoms with Crippen LogP contribution >= 0.6 is 11.3 Å². The van der Waals surface area contributed by atoms with E-state index in [1.165, 1.54) is 22.3 Å². The predicted molar refractivity (Wildman–Crippen MR) is 125 cm³/mol. The Morgan fingerprint density at radius 1 is 1.00 bits per heavy atom. The second kappa shape index (κ2) is 11.0. The Bertz CT molecular complexity index is 1210. The fraction of sp³-hybridized carbons (Fsp3) is 0.208. The van der Waals surface area contributed by atoms with Crippen LogP contribution in [0.3, 0.4) is 0 Å². The lowest BCUT2D eigenvalue weighted by molar-refractivity contribution is -0.137. The summed E-state index contributed by atoms with van der Waals surface area (Å²) in [5, 5.41) is 1.88. The van der Waals surface area contributed by atoms with Gasteiger partial charge >= 0.3 is 6.18 Å². The van der Waals surface area contributed by atoms with Gasteiger partial charge in [-0.25, -0.2) is 8.42 Å². The van der Waals surface area contributed by atoms with Crippen molar-refractivity contribution >= 4 is 27.3 Å². The van der Waals surface area contributed by atoms with Crippen molar-refractivity contribution in [2.75, 3.05) is 13.1 Å². The highest BCUT2D eigenvalue weighted by Gasteiger charge is 2.33. The second-order valence-electron chi connectivity index (χ2n) is 7.43. The van der Waals surface area contributed by atoms with Crippen molar-refractivity contribution in [2.45, 2.75) is 24.2 Å². The molecule has 1 aromatic heterocycles. The number of nitrogens with zero attached hydrogens (tertiary/aromatic N) is 2. The summed E-state index contributed by atoms with van der Waals surface area (Å²) in [5.41, 5.74) is -0.217. The van der Waals surface area contributed by atoms with Gasteiger partial charge in [-0.05, 0) is 35.2 Å². The topological polar surface area (TPSA) is 57.7 Å². The number of hydrogen-bond acceptors (Lipinski definition) is 4. The summed E-state index contributed by atoms with van der Waals surface area (Å²) >= 11 is 1.47. The molecule has 0 atom stereocenters. The monoisotopic (exact) mass is 508 g/mol. The fourth-order valence-corrected chi connectivity index (χ4v) is 5.38. The summed E-state index contributed by atoms with van der Waals surface area (Å²) in [6.07, 6.45) is -3.41. The van der Waals surface area contributed by atoms with Crippen molar-refractivity contribution in [3.63, 3.8) is 0 Å². The maximum absolute atomic E-state index is 13.3. The number of thiophene rings is 1. The first-order valence-electron chi connectivity index (χ1n) is 10.2. The highest BCUT2D eigenvalue weighted by Crippen LogP contribution is 2.31. The van der Waals surface area contributed by atoms with E-state index in [-0.39, 0.29) is 19.6 Å². The molecule has 0 N–H and O–H groups in total. The minimum atomic E-state index is -4.70. The van der Waals surface area contributed by atoms with E-state index in [9.17, 15) is 26.4 Å². The Balaban J connectivity index is 1.88. The fourth-order valence-electron chi connectivity index (χ4n) is 3.25. The molecule has 34 heavy (non-hydrogen) atoms. The van der Waals surface area contributed by atoms with Crippen LogP contribution in [0.2, 0.25) is 0 Å². The number of halogens is 3. The van der Waals surface area contributed by atoms with E-state index in [1.807, 2.05) is 47.8 Å². The molecule has 0 saturated carbocycles. The molecule has 10 heteroatoms. The molecule has 0 fully saturated rings. The number of alkyl halides is 3. The quantitative estimate of drug-likeness (QED) is 0.355. The van der Waals surface area contributed by atoms with E-state index in [0.29, 0.717) is 6.07 Å². The lowest BCUT2D eigenvalue weighted by Gasteiger charge is -2.27. The van der Waals surface area contributed by atoms with Crippen LogP contribution in [0.5, 0.6) is 0 Å². The third kappa shape index (κ3) is 6.55. The van der Waals surface area contributed by atoms with Crippen molar-refractivity contribution in [1.82, 2.24) is 9.21 Å². The number of benzene rings is 2. The van der Waals surface area contributed by atoms with Gasteiger partial charge in [-0.15, -0.1) is 17.9 Å². The van der Waals surface area contributed by atoms with Crippen LogP contribution in [-0.4, -0.2) is 36.6 Å². The highest BCUT2D eigenvalue weighted by molar-refractivity contribution is 7.89. The van der Waals surface area contributed by atoms with E-state index in [2.05, 4.69) is 6.58 Å². The Hall–Kier alpha value is -2.95. The number of hydrogen-bond donors (Lipinski definition) is 0. The van der Waals surface area contributed by atoms with Crippen LogP contribution < -0.4 is 0 Å². The standard InChI is InChI=1S/C24H23F3N2O3S2/c1-2-13-29(34(31,32)22-12-6-10-20(15-22)24(25,26)27)18-23(30)28(17-21-11-7-14-33-21)16-19-8-4-3-5-9-19/h2-12,14-15H,1,13,16-18H2. The molecule has 0 spiro atoms. The van der Waals surface area contributed by atoms with Crippen molar-refractivity contribution in [3.05, 3.63) is 101 Å². The number of carbonyl (C=O) groups excluding carboxylic acids is 1. The zero-order valence-electron chi connectivity index (χ0n) is 18.1. The molecule has 0 unspecified atom stereocenters. The van der Waals surface area contributed by atoms with E-state index in [1.54, 1.807) is 0 Å². The third-order valence-electron chi connectivity index (χ3n) is 4.94. The molecule has 0 saturated heterocycles. The molecule has 0 aliphatic heterocycles. The number of amides is 1. The Morgan fingerprint density at radius 2 is 1.74 bits per heavy atom. The van der Waals surface area contributed by atoms with Crippen LogP contribution in [0, 0.1) is 0 Å². The van der Waals surface area contributed by atoms with Crippen molar-refractivity contribution < 1.29 is 26.4 Å². The smallest absolute Gasteiger partial charge is 0.332 e. The molecule has 2 aromatic carbocycles. The zero-order valence-corrected chi connectivity index (χ0v) is 19.7. The van der Waals surface area contributed by atoms with Gasteiger partial charge in [0, 0.05) is 18.0 Å². The van der Waals surface area contributed by atoms with Crippen LogP contribution in [-0.2, 0) is 34.1 Å². The molecular formula is C24H23F3N2O3S2. The summed E-state index contributed by atoms with van der Waals surface area (Å²) in [6, 6.07) is 16.4. The van der Waals surface area contributed by atoms with Crippen molar-refractivity contribution in [1.29, 1.82) is 0 Å². The molecule has 0 radical (unpaired) electrons. The average molecular weight is 509 g/mol. The summed E-state index contributed by atoms with van der Waals surface area (Å²) in [4.78, 5) is 15.2. The minimum absolute atomic E-state index is 0.234. The largest absolute Gasteiger partial charge is 0.416 e. The molecule has 3 rings (SSSR count). The first-order valence-corrected chi connectivity index (χ1v) is 12.6. The molecular weight excluding hydrogens is 485 g/mol. The number of sulfonamides is 1. The Kier molecular flexibility index (Phi) is 8.29. The first kappa shape index (κ1) is 25.7. The lowest BCUT2D eigenvalue weighted by Crippen LogP contribution is -2.42. The zero-order chi connectivity index (χ0) is 24.8. The van der Waals surface area contributed by atoms with Gasteiger partial charge < -0.3 is 4.90 Å². The molecule has 0 aliphatic carbocycles. The van der Waals surface area contributed by atoms with E-state index in [0.717, 1.165) is 32.9 Å². The summed E-state index contributed by atoms with van der Waals surface area (Å²) in [7, 11) is -4.39. The molecule has 3 aromatic rings. The molecule has 0 aliphatic rings. The molecule has 1 amide bonds. The van der Waals surface area contributed by atoms with Gasteiger partial charge in [-0.1, -0.05) is 48.5 Å². The van der Waals surface area contributed by atoms with E-state index < -0.39 is 39.1 Å². The third-order valence-corrected chi connectivity index (χ3v) is 7.61. The van der Waals surface area contributed by atoms with Gasteiger partial charge in [0.05, 0.1) is 23.5 Å². The van der Waals surface area contributed by atoms with Gasteiger partial charge in [0.25, 0.3) is 0 Å². The summed E-state index contributed by atoms with van der Waals surface area (Å²) < 4.78 is 66.6. The maximum Gasteiger partial charge on any atom is 0.416 e. The SMILES string of the molecule is C=CCN(CC(=O)N(Cc1ccccc1)Cc1cccs1)S(=O)(=O)c1cccc(C(F)(F)F)c1. The van der Waals surface area contributed by atoms with Gasteiger partial charge in [-0.3, -0.25) is 4.79 Å². The van der Waals surface area contributed by atoms with Crippen molar-refractivity contribution in [2.24, 2.45) is 0 Å². The van der Waals surface area contributed by atoms with E-state index >= 15 is 0 Å². The maximum atomic E-state index is 13.3. The molecule has 1 heterocycles. The van der Waals surface area contributed by atoms with Crippen LogP contribution in [0.4, 0.5) is 13.2 Å². The number of carbonyl (C=O) groups is 1. The molecule has 180 valence electrons. The predicted octanol–water partition coefficient (Wildman–Crippen LogP) is 5.17. The van der Waals surface area contributed by atoms with Gasteiger partial charge in [0.1, 0.15) is 0 Å². The van der Waals surface area contributed by atoms with Crippen LogP contribution in [0.25, 0.3) is 0 Å². The second-order valence-corrected chi connectivity index (χ2v) is 10.4. The Labute approximate surface area is 200 Å². The average Bonchev–Trinajstić information content (AvgIpc) is 3.32. The normalized spacial score (nSPS) is 12.0. The lowest BCUT2D eigenvalue weighted by atomic mass is 10.2. The van der Waals surface area contributed by atoms with Gasteiger partial charge in [0.2, 0.25) is 15.9 Å². The number of rotatable bonds is 10. The van der Waals surface area contributed by atoms with Gasteiger partial charge in [0.15, 0.2) is 0 Å². The van der Waals surface area contributed by atoms with Gasteiger partial charge in [-0.2, -0.15) is 17.5 Å².